The fourth-order valence-electron chi connectivity index (χ4n) is 12.8. The van der Waals surface area contributed by atoms with E-state index in [4.69, 9.17) is 4.74 Å². The highest BCUT2D eigenvalue weighted by atomic mass is 16.5. The fraction of sp³-hybridized carbons (Fsp3) is 0.902. The van der Waals surface area contributed by atoms with Gasteiger partial charge >= 0.3 is 5.97 Å². The summed E-state index contributed by atoms with van der Waals surface area (Å²) in [7, 11) is 0. The van der Waals surface area contributed by atoms with E-state index in [1.807, 2.05) is 0 Å². The molecular formula is C82H157NO5. The summed E-state index contributed by atoms with van der Waals surface area (Å²) in [5.41, 5.74) is 0. The Morgan fingerprint density at radius 2 is 0.568 bits per heavy atom. The number of hydrogen-bond acceptors (Lipinski definition) is 5. The Morgan fingerprint density at radius 3 is 0.886 bits per heavy atom. The third-order valence-corrected chi connectivity index (χ3v) is 18.9. The first kappa shape index (κ1) is 86.1. The maximum atomic E-state index is 12.6. The van der Waals surface area contributed by atoms with Crippen molar-refractivity contribution in [1.29, 1.82) is 0 Å². The number of rotatable bonds is 76. The summed E-state index contributed by atoms with van der Waals surface area (Å²) < 4.78 is 5.51. The molecule has 0 aliphatic carbocycles. The molecule has 0 rings (SSSR count). The molecule has 2 atom stereocenters. The summed E-state index contributed by atoms with van der Waals surface area (Å²) in [6, 6.07) is -0.541. The lowest BCUT2D eigenvalue weighted by Crippen LogP contribution is -2.45. The van der Waals surface area contributed by atoms with Crippen LogP contribution >= 0.6 is 0 Å². The molecule has 0 aromatic heterocycles. The van der Waals surface area contributed by atoms with E-state index in [1.165, 1.54) is 366 Å². The summed E-state index contributed by atoms with van der Waals surface area (Å²) in [6.07, 6.45) is 101. The zero-order valence-corrected chi connectivity index (χ0v) is 59.7. The van der Waals surface area contributed by atoms with Gasteiger partial charge < -0.3 is 20.3 Å². The number of esters is 1. The number of allylic oxidation sites excluding steroid dienone is 6. The zero-order valence-electron chi connectivity index (χ0n) is 59.7. The van der Waals surface area contributed by atoms with Crippen LogP contribution in [0.4, 0.5) is 0 Å². The highest BCUT2D eigenvalue weighted by Crippen LogP contribution is 2.20. The first-order valence-electron chi connectivity index (χ1n) is 40.2. The van der Waals surface area contributed by atoms with E-state index < -0.39 is 12.1 Å². The summed E-state index contributed by atoms with van der Waals surface area (Å²) in [5.74, 6) is -0.0166. The van der Waals surface area contributed by atoms with Gasteiger partial charge in [0.2, 0.25) is 5.91 Å². The van der Waals surface area contributed by atoms with E-state index in [-0.39, 0.29) is 18.5 Å². The van der Waals surface area contributed by atoms with Crippen LogP contribution in [0.5, 0.6) is 0 Å². The maximum absolute atomic E-state index is 12.6. The topological polar surface area (TPSA) is 95.9 Å². The van der Waals surface area contributed by atoms with Gasteiger partial charge in [0.05, 0.1) is 25.4 Å². The minimum atomic E-state index is -0.664. The monoisotopic (exact) mass is 1240 g/mol. The number of amides is 1. The zero-order chi connectivity index (χ0) is 63.5. The van der Waals surface area contributed by atoms with Crippen molar-refractivity contribution in [3.63, 3.8) is 0 Å². The smallest absolute Gasteiger partial charge is 0.305 e. The second kappa shape index (κ2) is 77.5. The van der Waals surface area contributed by atoms with E-state index >= 15 is 0 Å². The van der Waals surface area contributed by atoms with Crippen LogP contribution in [0.3, 0.4) is 0 Å². The van der Waals surface area contributed by atoms with Gasteiger partial charge in [-0.3, -0.25) is 9.59 Å². The number of aliphatic hydroxyl groups excluding tert-OH is 2. The van der Waals surface area contributed by atoms with Crippen molar-refractivity contribution in [3.05, 3.63) is 36.5 Å². The molecule has 0 aromatic rings. The van der Waals surface area contributed by atoms with Gasteiger partial charge in [0.15, 0.2) is 0 Å². The van der Waals surface area contributed by atoms with Crippen molar-refractivity contribution in [2.45, 2.75) is 463 Å². The summed E-state index contributed by atoms with van der Waals surface area (Å²) >= 11 is 0. The third-order valence-electron chi connectivity index (χ3n) is 18.9. The Kier molecular flexibility index (Phi) is 75.8. The van der Waals surface area contributed by atoms with Gasteiger partial charge in [-0.15, -0.1) is 0 Å². The number of carbonyl (C=O) groups excluding carboxylic acids is 2. The van der Waals surface area contributed by atoms with Gasteiger partial charge in [-0.25, -0.2) is 0 Å². The molecule has 0 fully saturated rings. The molecule has 0 aliphatic heterocycles. The molecule has 6 heteroatoms. The highest BCUT2D eigenvalue weighted by molar-refractivity contribution is 5.76. The minimum absolute atomic E-state index is 0.0112. The van der Waals surface area contributed by atoms with Gasteiger partial charge in [0, 0.05) is 12.8 Å². The number of aliphatic hydroxyl groups is 2. The lowest BCUT2D eigenvalue weighted by Gasteiger charge is -2.22. The van der Waals surface area contributed by atoms with Crippen molar-refractivity contribution < 1.29 is 24.5 Å². The van der Waals surface area contributed by atoms with Gasteiger partial charge in [0.1, 0.15) is 0 Å². The molecule has 3 N–H and O–H groups in total. The number of carbonyl (C=O) groups is 2. The van der Waals surface area contributed by atoms with Gasteiger partial charge in [-0.2, -0.15) is 0 Å². The molecule has 0 aromatic carbocycles. The second-order valence-electron chi connectivity index (χ2n) is 27.7. The standard InChI is InChI=1S/C82H157NO5/c1-3-5-7-9-11-13-15-17-19-21-23-24-36-39-42-46-50-54-58-62-66-70-74-80(85)79(78-84)83-81(86)75-71-67-63-59-55-51-47-43-40-37-34-32-30-28-26-25-27-29-31-33-35-38-41-45-49-53-57-61-65-69-73-77-88-82(87)76-72-68-64-60-56-52-48-44-22-20-18-16-14-12-10-8-6-4-2/h14,16,20,22,27,29,79-80,84-85H,3-13,15,17-19,21,23-26,28,30-78H2,1-2H3,(H,83,86)/b16-14-,22-20-,29-27-. The minimum Gasteiger partial charge on any atom is -0.466 e. The molecule has 0 saturated carbocycles. The van der Waals surface area contributed by atoms with E-state index in [2.05, 4.69) is 55.6 Å². The molecule has 0 saturated heterocycles. The summed E-state index contributed by atoms with van der Waals surface area (Å²) in [6.45, 7) is 4.98. The van der Waals surface area contributed by atoms with E-state index in [0.717, 1.165) is 51.4 Å². The molecule has 0 aliphatic rings. The maximum Gasteiger partial charge on any atom is 0.305 e. The number of ether oxygens (including phenoxy) is 1. The molecule has 0 bridgehead atoms. The van der Waals surface area contributed by atoms with Crippen LogP contribution in [-0.4, -0.2) is 47.4 Å². The Balaban J connectivity index is 3.36. The highest BCUT2D eigenvalue weighted by Gasteiger charge is 2.20. The van der Waals surface area contributed by atoms with E-state index in [9.17, 15) is 19.8 Å². The van der Waals surface area contributed by atoms with Crippen LogP contribution in [0.15, 0.2) is 36.5 Å². The van der Waals surface area contributed by atoms with Crippen LogP contribution in [0, 0.1) is 0 Å². The Bertz CT molecular complexity index is 1430. The normalized spacial score (nSPS) is 12.6. The van der Waals surface area contributed by atoms with Crippen molar-refractivity contribution in [3.8, 4) is 0 Å². The van der Waals surface area contributed by atoms with Crippen molar-refractivity contribution in [2.75, 3.05) is 13.2 Å². The first-order chi connectivity index (χ1) is 43.5. The Labute approximate surface area is 551 Å². The van der Waals surface area contributed by atoms with Crippen LogP contribution in [0.25, 0.3) is 0 Å². The van der Waals surface area contributed by atoms with Gasteiger partial charge in [0.25, 0.3) is 0 Å². The predicted octanol–water partition coefficient (Wildman–Crippen LogP) is 26.6. The average Bonchev–Trinajstić information content (AvgIpc) is 3.58. The molecule has 88 heavy (non-hydrogen) atoms. The van der Waals surface area contributed by atoms with Gasteiger partial charge in [-0.05, 0) is 83.5 Å². The Morgan fingerprint density at radius 1 is 0.318 bits per heavy atom. The lowest BCUT2D eigenvalue weighted by atomic mass is 10.0. The van der Waals surface area contributed by atoms with Crippen molar-refractivity contribution in [2.24, 2.45) is 0 Å². The molecule has 520 valence electrons. The molecule has 2 unspecified atom stereocenters. The molecule has 0 radical (unpaired) electrons. The Hall–Kier alpha value is -1.92. The summed E-state index contributed by atoms with van der Waals surface area (Å²) in [5, 5.41) is 23.5. The van der Waals surface area contributed by atoms with Gasteiger partial charge in [-0.1, -0.05) is 391 Å². The first-order valence-corrected chi connectivity index (χ1v) is 40.2. The van der Waals surface area contributed by atoms with E-state index in [0.29, 0.717) is 25.9 Å². The molecule has 1 amide bonds. The van der Waals surface area contributed by atoms with E-state index in [1.54, 1.807) is 0 Å². The molecule has 0 heterocycles. The fourth-order valence-corrected chi connectivity index (χ4v) is 12.8. The number of hydrogen-bond donors (Lipinski definition) is 3. The molecule has 0 spiro atoms. The van der Waals surface area contributed by atoms with Crippen molar-refractivity contribution >= 4 is 11.9 Å². The summed E-state index contributed by atoms with van der Waals surface area (Å²) in [4.78, 5) is 24.7. The van der Waals surface area contributed by atoms with Crippen molar-refractivity contribution in [1.82, 2.24) is 5.32 Å². The van der Waals surface area contributed by atoms with Crippen LogP contribution in [0.1, 0.15) is 450 Å². The molecule has 6 nitrogen and oxygen atoms in total. The number of nitrogens with one attached hydrogen (secondary N) is 1. The largest absolute Gasteiger partial charge is 0.466 e. The molecular weight excluding hydrogens is 1080 g/mol. The third kappa shape index (κ3) is 73.1. The predicted molar refractivity (Wildman–Crippen MR) is 389 cm³/mol. The lowest BCUT2D eigenvalue weighted by molar-refractivity contribution is -0.143. The van der Waals surface area contributed by atoms with Crippen LogP contribution < -0.4 is 5.32 Å². The van der Waals surface area contributed by atoms with Crippen LogP contribution in [0.2, 0.25) is 0 Å². The number of unbranched alkanes of at least 4 members (excludes halogenated alkanes) is 59. The SMILES string of the molecule is CCCCCC/C=C\C/C=C\CCCCCCCCCC(=O)OCCCCCCCCCCCCCC/C=C\CCCCCCCCCCCCCCCCCC(=O)NC(CO)C(O)CCCCCCCCCCCCCCCCCCCCCCCC. The van der Waals surface area contributed by atoms with Crippen LogP contribution in [-0.2, 0) is 14.3 Å². The quantitative estimate of drug-likeness (QED) is 0.0320. The second-order valence-corrected chi connectivity index (χ2v) is 27.7. The average molecular weight is 1240 g/mol.